The second kappa shape index (κ2) is 12.3. The molecule has 1 aliphatic heterocycles. The highest BCUT2D eigenvalue weighted by molar-refractivity contribution is 14.0. The number of guanidine groups is 1. The van der Waals surface area contributed by atoms with E-state index in [1.54, 1.807) is 11.3 Å². The Morgan fingerprint density at radius 3 is 2.87 bits per heavy atom. The van der Waals surface area contributed by atoms with Gasteiger partial charge in [-0.3, -0.25) is 4.79 Å². The highest BCUT2D eigenvalue weighted by atomic mass is 127. The zero-order chi connectivity index (χ0) is 20.6. The van der Waals surface area contributed by atoms with Crippen molar-refractivity contribution in [1.82, 2.24) is 20.7 Å². The lowest BCUT2D eigenvalue weighted by Crippen LogP contribution is -2.40. The third-order valence-electron chi connectivity index (χ3n) is 5.29. The number of rotatable bonds is 8. The summed E-state index contributed by atoms with van der Waals surface area (Å²) in [7, 11) is 0. The van der Waals surface area contributed by atoms with Crippen LogP contribution in [0.25, 0.3) is 0 Å². The lowest BCUT2D eigenvalue weighted by atomic mass is 9.99. The molecule has 0 aromatic carbocycles. The highest BCUT2D eigenvalue weighted by Crippen LogP contribution is 2.24. The molecule has 7 nitrogen and oxygen atoms in total. The molecule has 3 heterocycles. The second-order valence-corrected chi connectivity index (χ2v) is 8.22. The van der Waals surface area contributed by atoms with Gasteiger partial charge in [-0.1, -0.05) is 19.0 Å². The fraction of sp³-hybridized carbons (Fsp3) is 0.571. The number of nitrogens with one attached hydrogen (secondary N) is 2. The number of aromatic nitrogens is 1. The first kappa shape index (κ1) is 24.6. The molecule has 0 aliphatic carbocycles. The van der Waals surface area contributed by atoms with Crippen molar-refractivity contribution < 1.29 is 9.32 Å². The minimum absolute atomic E-state index is 0. The molecule has 0 radical (unpaired) electrons. The number of carbonyl (C=O) groups excluding carboxylic acids is 1. The summed E-state index contributed by atoms with van der Waals surface area (Å²) in [5.74, 6) is 1.86. The maximum Gasteiger partial charge on any atom is 0.244 e. The molecule has 3 rings (SSSR count). The van der Waals surface area contributed by atoms with Crippen molar-refractivity contribution in [3.05, 3.63) is 39.4 Å². The number of hydrogen-bond donors (Lipinski definition) is 2. The number of thiophene rings is 1. The standard InChI is InChI=1S/C21H31N5O2S.HI/c1-4-15(5-2)18-11-17(28-25-18)12-23-21(22-6-3)24-13-20(27)26-9-7-19-16(14-26)8-10-29-19;/h8,10-11,15H,4-7,9,12-14H2,1-3H3,(H2,22,23,24);1H. The maximum absolute atomic E-state index is 12.6. The van der Waals surface area contributed by atoms with E-state index in [0.717, 1.165) is 43.8 Å². The van der Waals surface area contributed by atoms with Crippen LogP contribution in [0.1, 0.15) is 61.4 Å². The predicted octanol–water partition coefficient (Wildman–Crippen LogP) is 3.90. The van der Waals surface area contributed by atoms with Crippen LogP contribution >= 0.6 is 35.3 Å². The van der Waals surface area contributed by atoms with Gasteiger partial charge in [0.1, 0.15) is 6.54 Å². The molecule has 0 unspecified atom stereocenters. The summed E-state index contributed by atoms with van der Waals surface area (Å²) in [6, 6.07) is 4.12. The van der Waals surface area contributed by atoms with Crippen LogP contribution in [-0.2, 0) is 24.3 Å². The van der Waals surface area contributed by atoms with Crippen LogP contribution in [0.5, 0.6) is 0 Å². The van der Waals surface area contributed by atoms with Crippen molar-refractivity contribution in [2.75, 3.05) is 19.6 Å². The Kier molecular flexibility index (Phi) is 10.1. The molecule has 0 saturated carbocycles. The first-order chi connectivity index (χ1) is 14.1. The van der Waals surface area contributed by atoms with Crippen LogP contribution in [0, 0.1) is 0 Å². The van der Waals surface area contributed by atoms with Gasteiger partial charge >= 0.3 is 0 Å². The van der Waals surface area contributed by atoms with Crippen LogP contribution < -0.4 is 10.6 Å². The van der Waals surface area contributed by atoms with Crippen LogP contribution in [-0.4, -0.2) is 41.6 Å². The highest BCUT2D eigenvalue weighted by Gasteiger charge is 2.21. The summed E-state index contributed by atoms with van der Waals surface area (Å²) in [4.78, 5) is 20.3. The van der Waals surface area contributed by atoms with Gasteiger partial charge in [-0.05, 0) is 43.2 Å². The summed E-state index contributed by atoms with van der Waals surface area (Å²) >= 11 is 1.78. The normalized spacial score (nSPS) is 13.7. The van der Waals surface area contributed by atoms with Crippen molar-refractivity contribution in [3.8, 4) is 0 Å². The Morgan fingerprint density at radius 2 is 2.13 bits per heavy atom. The zero-order valence-electron chi connectivity index (χ0n) is 17.9. The minimum atomic E-state index is 0. The Labute approximate surface area is 199 Å². The van der Waals surface area contributed by atoms with E-state index in [1.807, 2.05) is 17.9 Å². The number of aliphatic imine (C=N–C) groups is 1. The van der Waals surface area contributed by atoms with Crippen LogP contribution in [0.4, 0.5) is 0 Å². The summed E-state index contributed by atoms with van der Waals surface area (Å²) in [6.45, 7) is 9.11. The molecule has 2 N–H and O–H groups in total. The quantitative estimate of drug-likeness (QED) is 0.299. The second-order valence-electron chi connectivity index (χ2n) is 7.21. The van der Waals surface area contributed by atoms with Crippen LogP contribution in [0.3, 0.4) is 0 Å². The van der Waals surface area contributed by atoms with E-state index in [0.29, 0.717) is 25.0 Å². The van der Waals surface area contributed by atoms with E-state index in [4.69, 9.17) is 4.52 Å². The van der Waals surface area contributed by atoms with E-state index in [-0.39, 0.29) is 36.4 Å². The Hall–Kier alpha value is -1.62. The third-order valence-corrected chi connectivity index (χ3v) is 6.31. The third kappa shape index (κ3) is 6.44. The fourth-order valence-electron chi connectivity index (χ4n) is 3.53. The molecule has 0 saturated heterocycles. The predicted molar refractivity (Wildman–Crippen MR) is 131 cm³/mol. The lowest BCUT2D eigenvalue weighted by Gasteiger charge is -2.26. The Balaban J connectivity index is 0.00000320. The molecular weight excluding hydrogens is 513 g/mol. The van der Waals surface area contributed by atoms with Crippen LogP contribution in [0.2, 0.25) is 0 Å². The van der Waals surface area contributed by atoms with Gasteiger partial charge in [0.2, 0.25) is 5.91 Å². The molecule has 2 aromatic heterocycles. The Morgan fingerprint density at radius 1 is 1.33 bits per heavy atom. The average molecular weight is 545 g/mol. The first-order valence-electron chi connectivity index (χ1n) is 10.4. The number of amides is 1. The van der Waals surface area contributed by atoms with E-state index in [9.17, 15) is 4.79 Å². The SMILES string of the molecule is CCNC(=NCC(=O)N1CCc2sccc2C1)NCc1cc(C(CC)CC)no1.I. The molecule has 30 heavy (non-hydrogen) atoms. The van der Waals surface area contributed by atoms with Crippen molar-refractivity contribution in [1.29, 1.82) is 0 Å². The van der Waals surface area contributed by atoms with E-state index in [2.05, 4.69) is 46.1 Å². The number of halogens is 1. The van der Waals surface area contributed by atoms with E-state index in [1.165, 1.54) is 10.4 Å². The molecule has 0 fully saturated rings. The summed E-state index contributed by atoms with van der Waals surface area (Å²) in [5.41, 5.74) is 2.27. The van der Waals surface area contributed by atoms with Crippen LogP contribution in [0.15, 0.2) is 27.0 Å². The van der Waals surface area contributed by atoms with Gasteiger partial charge < -0.3 is 20.1 Å². The zero-order valence-corrected chi connectivity index (χ0v) is 21.1. The molecule has 2 aromatic rings. The number of carbonyl (C=O) groups is 1. The minimum Gasteiger partial charge on any atom is -0.359 e. The lowest BCUT2D eigenvalue weighted by molar-refractivity contribution is -0.130. The molecule has 1 aliphatic rings. The molecule has 0 spiro atoms. The first-order valence-corrected chi connectivity index (χ1v) is 11.3. The smallest absolute Gasteiger partial charge is 0.244 e. The topological polar surface area (TPSA) is 82.8 Å². The monoisotopic (exact) mass is 545 g/mol. The van der Waals surface area contributed by atoms with Gasteiger partial charge in [0.25, 0.3) is 0 Å². The summed E-state index contributed by atoms with van der Waals surface area (Å²) in [5, 5.41) is 12.7. The van der Waals surface area contributed by atoms with Crippen molar-refractivity contribution in [3.63, 3.8) is 0 Å². The van der Waals surface area contributed by atoms with Gasteiger partial charge in [0.15, 0.2) is 11.7 Å². The van der Waals surface area contributed by atoms with Crippen molar-refractivity contribution in [2.45, 2.75) is 59.0 Å². The number of hydrogen-bond acceptors (Lipinski definition) is 5. The van der Waals surface area contributed by atoms with Gasteiger partial charge in [0, 0.05) is 36.5 Å². The molecular formula is C21H32IN5O2S. The average Bonchev–Trinajstić information content (AvgIpc) is 3.39. The number of nitrogens with zero attached hydrogens (tertiary/aromatic N) is 3. The Bertz CT molecular complexity index is 831. The van der Waals surface area contributed by atoms with E-state index >= 15 is 0 Å². The fourth-order valence-corrected chi connectivity index (χ4v) is 4.42. The largest absolute Gasteiger partial charge is 0.359 e. The van der Waals surface area contributed by atoms with Gasteiger partial charge in [0.05, 0.1) is 12.2 Å². The molecule has 0 atom stereocenters. The van der Waals surface area contributed by atoms with Gasteiger partial charge in [-0.25, -0.2) is 4.99 Å². The molecule has 1 amide bonds. The summed E-state index contributed by atoms with van der Waals surface area (Å²) < 4.78 is 5.45. The number of fused-ring (bicyclic) bond motifs is 1. The molecule has 0 bridgehead atoms. The van der Waals surface area contributed by atoms with Gasteiger partial charge in [-0.2, -0.15) is 0 Å². The summed E-state index contributed by atoms with van der Waals surface area (Å²) in [6.07, 6.45) is 3.03. The maximum atomic E-state index is 12.6. The molecule has 166 valence electrons. The van der Waals surface area contributed by atoms with E-state index < -0.39 is 0 Å². The van der Waals surface area contributed by atoms with Crippen molar-refractivity contribution >= 4 is 47.2 Å². The molecule has 9 heteroatoms. The van der Waals surface area contributed by atoms with Crippen molar-refractivity contribution in [2.24, 2.45) is 4.99 Å². The van der Waals surface area contributed by atoms with Gasteiger partial charge in [-0.15, -0.1) is 35.3 Å².